The number of aryl methyl sites for hydroxylation is 1. The van der Waals surface area contributed by atoms with Crippen LogP contribution >= 0.6 is 11.8 Å². The van der Waals surface area contributed by atoms with Gasteiger partial charge < -0.3 is 5.32 Å². The molecule has 1 unspecified atom stereocenters. The summed E-state index contributed by atoms with van der Waals surface area (Å²) in [6.07, 6.45) is 0.693. The van der Waals surface area contributed by atoms with Gasteiger partial charge in [-0.15, -0.1) is 11.8 Å². The first-order valence-electron chi connectivity index (χ1n) is 8.34. The second-order valence-electron chi connectivity index (χ2n) is 5.96. The van der Waals surface area contributed by atoms with Gasteiger partial charge in [0.25, 0.3) is 0 Å². The fraction of sp³-hybridized carbons (Fsp3) is 0.136. The standard InChI is InChI=1S/C22H21NOS/c1-17-12-14-19(15-13-17)23-22(24)21(16-18-8-4-2-5-9-18)25-20-10-6-3-7-11-20/h2-15,21H,16H2,1H3,(H,23,24). The Balaban J connectivity index is 1.76. The molecule has 1 N–H and O–H groups in total. The monoisotopic (exact) mass is 347 g/mol. The van der Waals surface area contributed by atoms with E-state index in [4.69, 9.17) is 0 Å². The minimum Gasteiger partial charge on any atom is -0.325 e. The second-order valence-corrected chi connectivity index (χ2v) is 7.24. The van der Waals surface area contributed by atoms with E-state index in [1.165, 1.54) is 5.56 Å². The number of rotatable bonds is 6. The van der Waals surface area contributed by atoms with Gasteiger partial charge in [-0.05, 0) is 43.2 Å². The number of hydrogen-bond donors (Lipinski definition) is 1. The van der Waals surface area contributed by atoms with Gasteiger partial charge in [-0.25, -0.2) is 0 Å². The summed E-state index contributed by atoms with van der Waals surface area (Å²) in [7, 11) is 0. The lowest BCUT2D eigenvalue weighted by Gasteiger charge is -2.17. The lowest BCUT2D eigenvalue weighted by molar-refractivity contribution is -0.115. The zero-order chi connectivity index (χ0) is 17.5. The maximum atomic E-state index is 12.9. The Morgan fingerprint density at radius 2 is 1.48 bits per heavy atom. The molecule has 3 heteroatoms. The molecule has 1 atom stereocenters. The Morgan fingerprint density at radius 3 is 2.12 bits per heavy atom. The van der Waals surface area contributed by atoms with Gasteiger partial charge in [0.15, 0.2) is 0 Å². The molecule has 0 aliphatic heterocycles. The Bertz CT molecular complexity index is 759. The summed E-state index contributed by atoms with van der Waals surface area (Å²) in [5, 5.41) is 2.86. The normalized spacial score (nSPS) is 11.7. The molecule has 1 amide bonds. The van der Waals surface area contributed by atoms with Crippen LogP contribution in [-0.2, 0) is 11.2 Å². The van der Waals surface area contributed by atoms with Crippen molar-refractivity contribution < 1.29 is 4.79 Å². The van der Waals surface area contributed by atoms with E-state index in [-0.39, 0.29) is 11.2 Å². The van der Waals surface area contributed by atoms with Crippen molar-refractivity contribution in [1.29, 1.82) is 0 Å². The second kappa shape index (κ2) is 8.54. The first-order valence-corrected chi connectivity index (χ1v) is 9.22. The van der Waals surface area contributed by atoms with Gasteiger partial charge in [0, 0.05) is 10.6 Å². The van der Waals surface area contributed by atoms with Crippen molar-refractivity contribution in [1.82, 2.24) is 0 Å². The summed E-state index contributed by atoms with van der Waals surface area (Å²) in [5.41, 5.74) is 3.18. The average Bonchev–Trinajstić information content (AvgIpc) is 2.65. The van der Waals surface area contributed by atoms with Crippen LogP contribution in [0.4, 0.5) is 5.69 Å². The fourth-order valence-electron chi connectivity index (χ4n) is 2.54. The van der Waals surface area contributed by atoms with Gasteiger partial charge in [0.05, 0.1) is 5.25 Å². The van der Waals surface area contributed by atoms with Gasteiger partial charge in [0.1, 0.15) is 0 Å². The summed E-state index contributed by atoms with van der Waals surface area (Å²) >= 11 is 1.60. The molecule has 0 heterocycles. The topological polar surface area (TPSA) is 29.1 Å². The third kappa shape index (κ3) is 5.23. The zero-order valence-electron chi connectivity index (χ0n) is 14.2. The molecule has 0 saturated heterocycles. The highest BCUT2D eigenvalue weighted by atomic mass is 32.2. The Hall–Kier alpha value is -2.52. The molecule has 0 radical (unpaired) electrons. The number of anilines is 1. The fourth-order valence-corrected chi connectivity index (χ4v) is 3.62. The number of carbonyl (C=O) groups excluding carboxylic acids is 1. The van der Waals surface area contributed by atoms with Crippen LogP contribution in [0.25, 0.3) is 0 Å². The first kappa shape index (κ1) is 17.3. The Kier molecular flexibility index (Phi) is 5.91. The lowest BCUT2D eigenvalue weighted by Crippen LogP contribution is -2.27. The third-order valence-corrected chi connectivity index (χ3v) is 5.11. The van der Waals surface area contributed by atoms with Crippen molar-refractivity contribution in [2.24, 2.45) is 0 Å². The van der Waals surface area contributed by atoms with E-state index in [0.29, 0.717) is 6.42 Å². The van der Waals surface area contributed by atoms with Crippen molar-refractivity contribution in [3.8, 4) is 0 Å². The number of thioether (sulfide) groups is 1. The summed E-state index contributed by atoms with van der Waals surface area (Å²) in [5.74, 6) is 0.0292. The molecule has 0 aliphatic carbocycles. The van der Waals surface area contributed by atoms with Crippen LogP contribution in [0.15, 0.2) is 89.8 Å². The zero-order valence-corrected chi connectivity index (χ0v) is 15.0. The van der Waals surface area contributed by atoms with Crippen molar-refractivity contribution in [2.75, 3.05) is 5.32 Å². The van der Waals surface area contributed by atoms with E-state index in [2.05, 4.69) is 17.4 Å². The first-order chi connectivity index (χ1) is 12.2. The minimum absolute atomic E-state index is 0.0292. The van der Waals surface area contributed by atoms with Crippen molar-refractivity contribution in [3.63, 3.8) is 0 Å². The van der Waals surface area contributed by atoms with E-state index < -0.39 is 0 Å². The van der Waals surface area contributed by atoms with Crippen molar-refractivity contribution in [2.45, 2.75) is 23.5 Å². The largest absolute Gasteiger partial charge is 0.325 e. The molecule has 0 saturated carbocycles. The maximum Gasteiger partial charge on any atom is 0.238 e. The number of benzene rings is 3. The highest BCUT2D eigenvalue weighted by molar-refractivity contribution is 8.00. The number of nitrogens with one attached hydrogen (secondary N) is 1. The Morgan fingerprint density at radius 1 is 0.880 bits per heavy atom. The molecular weight excluding hydrogens is 326 g/mol. The third-order valence-electron chi connectivity index (χ3n) is 3.90. The van der Waals surface area contributed by atoms with E-state index in [9.17, 15) is 4.79 Å². The van der Waals surface area contributed by atoms with Crippen LogP contribution in [-0.4, -0.2) is 11.2 Å². The molecule has 3 aromatic carbocycles. The number of carbonyl (C=O) groups is 1. The van der Waals surface area contributed by atoms with Gasteiger partial charge in [-0.3, -0.25) is 4.79 Å². The van der Waals surface area contributed by atoms with E-state index in [1.54, 1.807) is 11.8 Å². The van der Waals surface area contributed by atoms with Gasteiger partial charge in [-0.2, -0.15) is 0 Å². The van der Waals surface area contributed by atoms with Gasteiger partial charge in [-0.1, -0.05) is 66.2 Å². The number of amides is 1. The molecule has 126 valence electrons. The molecule has 3 rings (SSSR count). The summed E-state index contributed by atoms with van der Waals surface area (Å²) in [4.78, 5) is 14.0. The van der Waals surface area contributed by atoms with E-state index in [1.807, 2.05) is 79.7 Å². The van der Waals surface area contributed by atoms with Gasteiger partial charge >= 0.3 is 0 Å². The molecule has 0 fully saturated rings. The van der Waals surface area contributed by atoms with Gasteiger partial charge in [0.2, 0.25) is 5.91 Å². The molecule has 0 spiro atoms. The molecule has 0 aliphatic rings. The van der Waals surface area contributed by atoms with Crippen LogP contribution in [0.5, 0.6) is 0 Å². The molecular formula is C22H21NOS. The van der Waals surface area contributed by atoms with Crippen molar-refractivity contribution in [3.05, 3.63) is 96.1 Å². The highest BCUT2D eigenvalue weighted by Gasteiger charge is 2.20. The molecule has 3 aromatic rings. The average molecular weight is 347 g/mol. The van der Waals surface area contributed by atoms with E-state index in [0.717, 1.165) is 16.1 Å². The highest BCUT2D eigenvalue weighted by Crippen LogP contribution is 2.27. The smallest absolute Gasteiger partial charge is 0.238 e. The summed E-state index contributed by atoms with van der Waals surface area (Å²) in [6, 6.07) is 28.1. The van der Waals surface area contributed by atoms with Crippen molar-refractivity contribution >= 4 is 23.4 Å². The molecule has 0 aromatic heterocycles. The maximum absolute atomic E-state index is 12.9. The van der Waals surface area contributed by atoms with Crippen LogP contribution in [0.3, 0.4) is 0 Å². The number of hydrogen-bond acceptors (Lipinski definition) is 2. The predicted molar refractivity (Wildman–Crippen MR) is 106 cm³/mol. The molecule has 2 nitrogen and oxygen atoms in total. The lowest BCUT2D eigenvalue weighted by atomic mass is 10.1. The van der Waals surface area contributed by atoms with Crippen LogP contribution in [0.2, 0.25) is 0 Å². The van der Waals surface area contributed by atoms with Crippen LogP contribution in [0, 0.1) is 6.92 Å². The van der Waals surface area contributed by atoms with Crippen LogP contribution in [0.1, 0.15) is 11.1 Å². The quantitative estimate of drug-likeness (QED) is 0.610. The summed E-state index contributed by atoms with van der Waals surface area (Å²) in [6.45, 7) is 2.04. The minimum atomic E-state index is -0.189. The predicted octanol–water partition coefficient (Wildman–Crippen LogP) is 5.34. The molecule has 0 bridgehead atoms. The SMILES string of the molecule is Cc1ccc(NC(=O)C(Cc2ccccc2)Sc2ccccc2)cc1. The summed E-state index contributed by atoms with van der Waals surface area (Å²) < 4.78 is 0. The molecule has 25 heavy (non-hydrogen) atoms. The van der Waals surface area contributed by atoms with E-state index >= 15 is 0 Å². The van der Waals surface area contributed by atoms with Crippen LogP contribution < -0.4 is 5.32 Å². The Labute approximate surface area is 153 Å².